The van der Waals surface area contributed by atoms with Crippen LogP contribution in [0.4, 0.5) is 18.9 Å². The maximum absolute atomic E-state index is 13.4. The number of anilines is 1. The average molecular weight is 351 g/mol. The van der Waals surface area contributed by atoms with Crippen LogP contribution in [0.5, 0.6) is 5.75 Å². The van der Waals surface area contributed by atoms with Crippen LogP contribution in [0, 0.1) is 0 Å². The quantitative estimate of drug-likeness (QED) is 0.819. The summed E-state index contributed by atoms with van der Waals surface area (Å²) in [4.78, 5) is 12.4. The molecule has 2 aromatic rings. The number of hydrogen-bond donors (Lipinski definition) is 1. The van der Waals surface area contributed by atoms with Gasteiger partial charge in [-0.3, -0.25) is 4.79 Å². The molecule has 25 heavy (non-hydrogen) atoms. The van der Waals surface area contributed by atoms with Gasteiger partial charge in [0.2, 0.25) is 0 Å². The lowest BCUT2D eigenvalue weighted by Gasteiger charge is -2.22. The number of alkyl halides is 3. The number of benzene rings is 2. The third-order valence-corrected chi connectivity index (χ3v) is 3.79. The fourth-order valence-corrected chi connectivity index (χ4v) is 2.38. The van der Waals surface area contributed by atoms with Crippen molar-refractivity contribution in [1.82, 2.24) is 0 Å². The lowest BCUT2D eigenvalue weighted by molar-refractivity contribution is -0.137. The molecule has 0 saturated carbocycles. The Bertz CT molecular complexity index is 777. The number of para-hydroxylation sites is 1. The van der Waals surface area contributed by atoms with E-state index < -0.39 is 23.1 Å². The number of hydrogen-bond acceptors (Lipinski definition) is 2. The van der Waals surface area contributed by atoms with Gasteiger partial charge in [0.15, 0.2) is 0 Å². The van der Waals surface area contributed by atoms with Crippen molar-refractivity contribution in [2.75, 3.05) is 12.4 Å². The molecular formula is C19H20F3NO2. The van der Waals surface area contributed by atoms with Crippen LogP contribution in [0.15, 0.2) is 42.5 Å². The van der Waals surface area contributed by atoms with Crippen molar-refractivity contribution in [2.24, 2.45) is 0 Å². The third-order valence-electron chi connectivity index (χ3n) is 3.79. The van der Waals surface area contributed by atoms with Crippen molar-refractivity contribution in [3.63, 3.8) is 0 Å². The molecule has 0 bridgehead atoms. The number of rotatable bonds is 3. The fraction of sp³-hybridized carbons (Fsp3) is 0.316. The van der Waals surface area contributed by atoms with Gasteiger partial charge in [0.25, 0.3) is 5.91 Å². The van der Waals surface area contributed by atoms with Crippen molar-refractivity contribution in [3.8, 4) is 5.75 Å². The SMILES string of the molecule is COc1ccccc1C(=O)Nc1ccc(C(C)(C)C)cc1C(F)(F)F. The molecule has 0 aliphatic carbocycles. The van der Waals surface area contributed by atoms with Crippen molar-refractivity contribution in [1.29, 1.82) is 0 Å². The Labute approximate surface area is 144 Å². The van der Waals surface area contributed by atoms with Crippen LogP contribution in [0.2, 0.25) is 0 Å². The smallest absolute Gasteiger partial charge is 0.418 e. The van der Waals surface area contributed by atoms with Crippen molar-refractivity contribution < 1.29 is 22.7 Å². The first-order valence-corrected chi connectivity index (χ1v) is 7.70. The minimum Gasteiger partial charge on any atom is -0.496 e. The van der Waals surface area contributed by atoms with Crippen molar-refractivity contribution in [3.05, 3.63) is 59.2 Å². The van der Waals surface area contributed by atoms with Gasteiger partial charge in [0.05, 0.1) is 23.9 Å². The van der Waals surface area contributed by atoms with Gasteiger partial charge in [-0.1, -0.05) is 39.0 Å². The molecule has 1 N–H and O–H groups in total. The highest BCUT2D eigenvalue weighted by Gasteiger charge is 2.35. The van der Waals surface area contributed by atoms with E-state index in [0.717, 1.165) is 6.07 Å². The van der Waals surface area contributed by atoms with Gasteiger partial charge in [-0.15, -0.1) is 0 Å². The highest BCUT2D eigenvalue weighted by atomic mass is 19.4. The largest absolute Gasteiger partial charge is 0.496 e. The summed E-state index contributed by atoms with van der Waals surface area (Å²) in [5.74, 6) is -0.369. The van der Waals surface area contributed by atoms with Crippen molar-refractivity contribution in [2.45, 2.75) is 32.4 Å². The van der Waals surface area contributed by atoms with E-state index in [9.17, 15) is 18.0 Å². The number of methoxy groups -OCH3 is 1. The van der Waals surface area contributed by atoms with E-state index in [4.69, 9.17) is 4.74 Å². The van der Waals surface area contributed by atoms with Crippen LogP contribution >= 0.6 is 0 Å². The molecule has 0 heterocycles. The van der Waals surface area contributed by atoms with E-state index in [1.54, 1.807) is 24.3 Å². The monoisotopic (exact) mass is 351 g/mol. The first kappa shape index (κ1) is 18.8. The Balaban J connectivity index is 2.44. The predicted octanol–water partition coefficient (Wildman–Crippen LogP) is 5.26. The van der Waals surface area contributed by atoms with Crippen molar-refractivity contribution >= 4 is 11.6 Å². The van der Waals surface area contributed by atoms with Gasteiger partial charge in [-0.05, 0) is 35.2 Å². The Morgan fingerprint density at radius 3 is 2.24 bits per heavy atom. The fourth-order valence-electron chi connectivity index (χ4n) is 2.38. The summed E-state index contributed by atoms with van der Waals surface area (Å²) in [5, 5.41) is 2.35. The molecule has 6 heteroatoms. The summed E-state index contributed by atoms with van der Waals surface area (Å²) in [7, 11) is 1.39. The molecule has 134 valence electrons. The molecule has 0 atom stereocenters. The minimum atomic E-state index is -4.58. The molecule has 2 aromatic carbocycles. The Morgan fingerprint density at radius 2 is 1.68 bits per heavy atom. The molecule has 0 radical (unpaired) electrons. The van der Waals surface area contributed by atoms with Gasteiger partial charge >= 0.3 is 6.18 Å². The molecule has 1 amide bonds. The van der Waals surface area contributed by atoms with E-state index in [1.165, 1.54) is 19.2 Å². The molecule has 0 saturated heterocycles. The maximum atomic E-state index is 13.4. The van der Waals surface area contributed by atoms with E-state index in [0.29, 0.717) is 11.3 Å². The maximum Gasteiger partial charge on any atom is 0.418 e. The van der Waals surface area contributed by atoms with E-state index in [2.05, 4.69) is 5.32 Å². The van der Waals surface area contributed by atoms with Crippen LogP contribution in [0.1, 0.15) is 42.3 Å². The lowest BCUT2D eigenvalue weighted by Crippen LogP contribution is -2.19. The number of halogens is 3. The van der Waals surface area contributed by atoms with E-state index in [1.807, 2.05) is 20.8 Å². The Kier molecular flexibility index (Phi) is 5.11. The predicted molar refractivity (Wildman–Crippen MR) is 91.1 cm³/mol. The zero-order valence-electron chi connectivity index (χ0n) is 14.5. The molecule has 0 fully saturated rings. The van der Waals surface area contributed by atoms with Gasteiger partial charge in [0.1, 0.15) is 5.75 Å². The summed E-state index contributed by atoms with van der Waals surface area (Å²) in [6, 6.07) is 10.3. The highest BCUT2D eigenvalue weighted by molar-refractivity contribution is 6.06. The summed E-state index contributed by atoms with van der Waals surface area (Å²) >= 11 is 0. The number of carbonyl (C=O) groups excluding carboxylic acids is 1. The first-order valence-electron chi connectivity index (χ1n) is 7.70. The standard InChI is InChI=1S/C19H20F3NO2/c1-18(2,3)12-9-10-15(14(11-12)19(20,21)22)23-17(24)13-7-5-6-8-16(13)25-4/h5-11H,1-4H3,(H,23,24). The zero-order chi connectivity index (χ0) is 18.8. The first-order chi connectivity index (χ1) is 11.5. The second-order valence-electron chi connectivity index (χ2n) is 6.66. The third kappa shape index (κ3) is 4.32. The number of amides is 1. The summed E-state index contributed by atoms with van der Waals surface area (Å²) in [6.07, 6.45) is -4.58. The van der Waals surface area contributed by atoms with E-state index in [-0.39, 0.29) is 11.3 Å². The van der Waals surface area contributed by atoms with Gasteiger partial charge in [0, 0.05) is 0 Å². The van der Waals surface area contributed by atoms with Crippen LogP contribution in [-0.4, -0.2) is 13.0 Å². The number of carbonyl (C=O) groups is 1. The topological polar surface area (TPSA) is 38.3 Å². The number of ether oxygens (including phenoxy) is 1. The van der Waals surface area contributed by atoms with E-state index >= 15 is 0 Å². The van der Waals surface area contributed by atoms with Crippen LogP contribution in [0.3, 0.4) is 0 Å². The number of nitrogens with one attached hydrogen (secondary N) is 1. The zero-order valence-corrected chi connectivity index (χ0v) is 14.5. The second kappa shape index (κ2) is 6.78. The second-order valence-corrected chi connectivity index (χ2v) is 6.66. The molecule has 0 aliphatic heterocycles. The average Bonchev–Trinajstić information content (AvgIpc) is 2.53. The highest BCUT2D eigenvalue weighted by Crippen LogP contribution is 2.38. The summed E-state index contributed by atoms with van der Waals surface area (Å²) in [6.45, 7) is 5.49. The minimum absolute atomic E-state index is 0.165. The molecular weight excluding hydrogens is 331 g/mol. The molecule has 0 unspecified atom stereocenters. The van der Waals surface area contributed by atoms with Crippen LogP contribution in [-0.2, 0) is 11.6 Å². The summed E-state index contributed by atoms with van der Waals surface area (Å²) < 4.78 is 45.4. The molecule has 0 aromatic heterocycles. The lowest BCUT2D eigenvalue weighted by atomic mass is 9.86. The molecule has 0 spiro atoms. The normalized spacial score (nSPS) is 12.0. The van der Waals surface area contributed by atoms with Crippen LogP contribution < -0.4 is 10.1 Å². The summed E-state index contributed by atoms with van der Waals surface area (Å²) in [5.41, 5.74) is -0.890. The van der Waals surface area contributed by atoms with Crippen LogP contribution in [0.25, 0.3) is 0 Å². The van der Waals surface area contributed by atoms with Gasteiger partial charge < -0.3 is 10.1 Å². The van der Waals surface area contributed by atoms with Gasteiger partial charge in [-0.25, -0.2) is 0 Å². The molecule has 0 aliphatic rings. The van der Waals surface area contributed by atoms with Gasteiger partial charge in [-0.2, -0.15) is 13.2 Å². The molecule has 2 rings (SSSR count). The Hall–Kier alpha value is -2.50. The Morgan fingerprint density at radius 1 is 1.04 bits per heavy atom. The molecule has 3 nitrogen and oxygen atoms in total.